The molecule has 0 spiro atoms. The third-order valence-electron chi connectivity index (χ3n) is 4.22. The van der Waals surface area contributed by atoms with Crippen molar-refractivity contribution in [2.75, 3.05) is 10.6 Å². The van der Waals surface area contributed by atoms with E-state index in [0.717, 1.165) is 12.8 Å². The number of nitrogens with zero attached hydrogens (tertiary/aromatic N) is 1. The zero-order valence-electron chi connectivity index (χ0n) is 15.5. The number of aromatic nitrogens is 1. The highest BCUT2D eigenvalue weighted by atomic mass is 16.6. The molecule has 0 atom stereocenters. The molecule has 2 N–H and O–H groups in total. The number of pyridine rings is 1. The monoisotopic (exact) mass is 389 g/mol. The van der Waals surface area contributed by atoms with Gasteiger partial charge in [-0.05, 0) is 55.3 Å². The van der Waals surface area contributed by atoms with Gasteiger partial charge in [0, 0.05) is 23.9 Å². The van der Waals surface area contributed by atoms with Gasteiger partial charge in [0.15, 0.2) is 0 Å². The predicted octanol–water partition coefficient (Wildman–Crippen LogP) is 4.83. The topological polar surface area (TPSA) is 89.5 Å². The fraction of sp³-hybridized carbons (Fsp3) is 0.136. The molecular weight excluding hydrogens is 370 g/mol. The lowest BCUT2D eigenvalue weighted by Gasteiger charge is -2.09. The van der Waals surface area contributed by atoms with Crippen LogP contribution in [0.2, 0.25) is 0 Å². The fourth-order valence-electron chi connectivity index (χ4n) is 2.60. The highest BCUT2D eigenvalue weighted by Crippen LogP contribution is 2.30. The van der Waals surface area contributed by atoms with Crippen molar-refractivity contribution in [1.82, 2.24) is 4.98 Å². The van der Waals surface area contributed by atoms with Crippen molar-refractivity contribution in [3.8, 4) is 17.2 Å². The molecule has 0 radical (unpaired) electrons. The minimum atomic E-state index is -0.574. The van der Waals surface area contributed by atoms with Crippen molar-refractivity contribution >= 4 is 23.5 Å². The molecule has 2 aromatic carbocycles. The van der Waals surface area contributed by atoms with E-state index < -0.39 is 6.09 Å². The third-order valence-corrected chi connectivity index (χ3v) is 4.22. The maximum absolute atomic E-state index is 11.9. The van der Waals surface area contributed by atoms with Crippen LogP contribution in [0, 0.1) is 5.92 Å². The third kappa shape index (κ3) is 5.32. The van der Waals surface area contributed by atoms with E-state index in [0.29, 0.717) is 28.8 Å². The Hall–Kier alpha value is -3.87. The van der Waals surface area contributed by atoms with E-state index in [1.165, 1.54) is 0 Å². The van der Waals surface area contributed by atoms with Crippen LogP contribution in [0.15, 0.2) is 72.9 Å². The average Bonchev–Trinajstić information content (AvgIpc) is 3.56. The van der Waals surface area contributed by atoms with E-state index >= 15 is 0 Å². The van der Waals surface area contributed by atoms with Crippen molar-refractivity contribution in [2.24, 2.45) is 5.92 Å². The summed E-state index contributed by atoms with van der Waals surface area (Å²) in [6, 6.07) is 19.1. The highest BCUT2D eigenvalue weighted by Gasteiger charge is 2.29. The summed E-state index contributed by atoms with van der Waals surface area (Å²) in [4.78, 5) is 27.9. The van der Waals surface area contributed by atoms with Crippen LogP contribution in [0.5, 0.6) is 17.2 Å². The van der Waals surface area contributed by atoms with Gasteiger partial charge in [-0.25, -0.2) is 9.78 Å². The second-order valence-corrected chi connectivity index (χ2v) is 6.59. The van der Waals surface area contributed by atoms with Gasteiger partial charge in [0.25, 0.3) is 0 Å². The predicted molar refractivity (Wildman–Crippen MR) is 108 cm³/mol. The Morgan fingerprint density at radius 2 is 1.62 bits per heavy atom. The van der Waals surface area contributed by atoms with Gasteiger partial charge in [-0.1, -0.05) is 18.2 Å². The molecule has 1 heterocycles. The molecule has 3 aromatic rings. The number of hydrogen-bond donors (Lipinski definition) is 2. The molecule has 0 saturated heterocycles. The Bertz CT molecular complexity index is 1000. The lowest BCUT2D eigenvalue weighted by molar-refractivity contribution is -0.117. The summed E-state index contributed by atoms with van der Waals surface area (Å²) < 4.78 is 11.0. The van der Waals surface area contributed by atoms with Crippen molar-refractivity contribution < 1.29 is 19.1 Å². The molecule has 1 aliphatic rings. The molecule has 0 unspecified atom stereocenters. The number of anilines is 2. The van der Waals surface area contributed by atoms with Gasteiger partial charge < -0.3 is 14.8 Å². The van der Waals surface area contributed by atoms with Gasteiger partial charge in [0.1, 0.15) is 23.1 Å². The summed E-state index contributed by atoms with van der Waals surface area (Å²) in [5.41, 5.74) is 0.574. The number of carbonyl (C=O) groups is 2. The molecule has 0 aliphatic heterocycles. The van der Waals surface area contributed by atoms with E-state index in [4.69, 9.17) is 9.47 Å². The Kier molecular flexibility index (Phi) is 5.38. The number of hydrogen-bond acceptors (Lipinski definition) is 5. The highest BCUT2D eigenvalue weighted by molar-refractivity contribution is 5.93. The fourth-order valence-corrected chi connectivity index (χ4v) is 2.60. The minimum Gasteiger partial charge on any atom is -0.457 e. The quantitative estimate of drug-likeness (QED) is 0.630. The molecule has 2 amide bonds. The summed E-state index contributed by atoms with van der Waals surface area (Å²) in [5.74, 6) is 2.16. The first-order chi connectivity index (χ1) is 14.2. The van der Waals surface area contributed by atoms with E-state index in [1.807, 2.05) is 6.07 Å². The SMILES string of the molecule is O=C(Nc1ccc(Oc2ccnc(NC(=O)C3CC3)c2)cc1)Oc1ccccc1. The first-order valence-electron chi connectivity index (χ1n) is 9.24. The van der Waals surface area contributed by atoms with Crippen LogP contribution >= 0.6 is 0 Å². The number of carbonyl (C=O) groups excluding carboxylic acids is 2. The van der Waals surface area contributed by atoms with Gasteiger partial charge in [-0.15, -0.1) is 0 Å². The summed E-state index contributed by atoms with van der Waals surface area (Å²) in [5, 5.41) is 5.44. The molecular formula is C22H19N3O4. The van der Waals surface area contributed by atoms with Gasteiger partial charge >= 0.3 is 6.09 Å². The van der Waals surface area contributed by atoms with Crippen molar-refractivity contribution in [2.45, 2.75) is 12.8 Å². The van der Waals surface area contributed by atoms with E-state index in [-0.39, 0.29) is 11.8 Å². The van der Waals surface area contributed by atoms with Gasteiger partial charge in [-0.3, -0.25) is 10.1 Å². The number of amides is 2. The van der Waals surface area contributed by atoms with E-state index in [9.17, 15) is 9.59 Å². The summed E-state index contributed by atoms with van der Waals surface area (Å²) in [7, 11) is 0. The van der Waals surface area contributed by atoms with E-state index in [2.05, 4.69) is 15.6 Å². The second kappa shape index (κ2) is 8.43. The molecule has 1 aliphatic carbocycles. The van der Waals surface area contributed by atoms with Crippen LogP contribution in [-0.2, 0) is 4.79 Å². The Morgan fingerprint density at radius 1 is 0.862 bits per heavy atom. The van der Waals surface area contributed by atoms with Gasteiger partial charge in [0.2, 0.25) is 5.91 Å². The molecule has 4 rings (SSSR count). The van der Waals surface area contributed by atoms with Crippen molar-refractivity contribution in [1.29, 1.82) is 0 Å². The lowest BCUT2D eigenvalue weighted by atomic mass is 10.3. The molecule has 7 nitrogen and oxygen atoms in total. The van der Waals surface area contributed by atoms with Crippen LogP contribution in [0.4, 0.5) is 16.3 Å². The number of rotatable bonds is 6. The Balaban J connectivity index is 1.33. The number of nitrogens with one attached hydrogen (secondary N) is 2. The van der Waals surface area contributed by atoms with E-state index in [1.54, 1.807) is 66.9 Å². The number of para-hydroxylation sites is 1. The summed E-state index contributed by atoms with van der Waals surface area (Å²) in [6.45, 7) is 0. The zero-order chi connectivity index (χ0) is 20.1. The van der Waals surface area contributed by atoms with Crippen LogP contribution in [-0.4, -0.2) is 17.0 Å². The smallest absolute Gasteiger partial charge is 0.417 e. The molecule has 146 valence electrons. The number of benzene rings is 2. The Morgan fingerprint density at radius 3 is 2.34 bits per heavy atom. The largest absolute Gasteiger partial charge is 0.457 e. The molecule has 7 heteroatoms. The molecule has 0 bridgehead atoms. The van der Waals surface area contributed by atoms with Crippen LogP contribution in [0.25, 0.3) is 0 Å². The van der Waals surface area contributed by atoms with Gasteiger partial charge in [0.05, 0.1) is 0 Å². The maximum atomic E-state index is 11.9. The van der Waals surface area contributed by atoms with Crippen LogP contribution < -0.4 is 20.1 Å². The first kappa shape index (κ1) is 18.5. The molecule has 1 saturated carbocycles. The zero-order valence-corrected chi connectivity index (χ0v) is 15.5. The molecule has 29 heavy (non-hydrogen) atoms. The van der Waals surface area contributed by atoms with Gasteiger partial charge in [-0.2, -0.15) is 0 Å². The van der Waals surface area contributed by atoms with Crippen molar-refractivity contribution in [3.63, 3.8) is 0 Å². The molecule has 1 fully saturated rings. The average molecular weight is 389 g/mol. The minimum absolute atomic E-state index is 0.00698. The normalized spacial score (nSPS) is 12.7. The maximum Gasteiger partial charge on any atom is 0.417 e. The first-order valence-corrected chi connectivity index (χ1v) is 9.24. The summed E-state index contributed by atoms with van der Waals surface area (Å²) in [6.07, 6.45) is 2.87. The standard InChI is InChI=1S/C22H19N3O4/c26-21(15-6-7-15)25-20-14-19(12-13-23-20)28-18-10-8-16(9-11-18)24-22(27)29-17-4-2-1-3-5-17/h1-5,8-15H,6-7H2,(H,24,27)(H,23,25,26). The molecule has 1 aromatic heterocycles. The summed E-state index contributed by atoms with van der Waals surface area (Å²) >= 11 is 0. The van der Waals surface area contributed by atoms with Crippen molar-refractivity contribution in [3.05, 3.63) is 72.9 Å². The number of ether oxygens (including phenoxy) is 2. The van der Waals surface area contributed by atoms with Crippen LogP contribution in [0.1, 0.15) is 12.8 Å². The van der Waals surface area contributed by atoms with Crippen LogP contribution in [0.3, 0.4) is 0 Å². The Labute approximate surface area is 167 Å². The lowest BCUT2D eigenvalue weighted by Crippen LogP contribution is -2.16. The second-order valence-electron chi connectivity index (χ2n) is 6.59.